The second-order valence-electron chi connectivity index (χ2n) is 5.80. The number of fused-ring (bicyclic) bond motifs is 1. The molecule has 0 fully saturated rings. The lowest BCUT2D eigenvalue weighted by Crippen LogP contribution is -1.97. The third-order valence-corrected chi connectivity index (χ3v) is 3.79. The van der Waals surface area contributed by atoms with Crippen LogP contribution in [0.1, 0.15) is 71.1 Å². The molecule has 3 N–H and O–H groups in total. The van der Waals surface area contributed by atoms with Crippen LogP contribution in [0.3, 0.4) is 0 Å². The maximum Gasteiger partial charge on any atom is 0.112 e. The number of aromatic nitrogens is 3. The first-order chi connectivity index (χ1) is 10.9. The van der Waals surface area contributed by atoms with Crippen LogP contribution >= 0.6 is 0 Å². The Bertz CT molecular complexity index is 427. The van der Waals surface area contributed by atoms with Gasteiger partial charge in [0.25, 0.3) is 0 Å². The number of para-hydroxylation sites is 1. The minimum Gasteiger partial charge on any atom is -0.330 e. The maximum absolute atomic E-state index is 5.42. The van der Waals surface area contributed by atoms with E-state index >= 15 is 0 Å². The van der Waals surface area contributed by atoms with Crippen molar-refractivity contribution < 1.29 is 0 Å². The Labute approximate surface area is 134 Å². The summed E-state index contributed by atoms with van der Waals surface area (Å²) >= 11 is 0. The summed E-state index contributed by atoms with van der Waals surface area (Å²) < 4.78 is 0. The van der Waals surface area contributed by atoms with E-state index in [1.54, 1.807) is 0 Å². The minimum absolute atomic E-state index is 0.872. The van der Waals surface area contributed by atoms with Gasteiger partial charge in [-0.25, -0.2) is 0 Å². The zero-order valence-electron chi connectivity index (χ0n) is 14.1. The number of nitrogens with two attached hydrogens (primary N) is 1. The highest BCUT2D eigenvalue weighted by atomic mass is 15.3. The van der Waals surface area contributed by atoms with E-state index < -0.39 is 0 Å². The molecule has 2 aromatic rings. The van der Waals surface area contributed by atoms with E-state index in [-0.39, 0.29) is 0 Å². The lowest BCUT2D eigenvalue weighted by Gasteiger charge is -2.00. The molecule has 0 aliphatic heterocycles. The first-order valence-electron chi connectivity index (χ1n) is 8.84. The molecular weight excluding hydrogens is 272 g/mol. The molecule has 4 heteroatoms. The van der Waals surface area contributed by atoms with Gasteiger partial charge in [0, 0.05) is 0 Å². The Kier molecular flexibility index (Phi) is 11.2. The third-order valence-electron chi connectivity index (χ3n) is 3.79. The summed E-state index contributed by atoms with van der Waals surface area (Å²) in [5, 5.41) is 10.2. The molecular formula is C18H32N4. The molecule has 22 heavy (non-hydrogen) atoms. The highest BCUT2D eigenvalue weighted by Gasteiger charge is 1.91. The number of H-pyrrole nitrogens is 1. The van der Waals surface area contributed by atoms with Crippen molar-refractivity contribution in [3.8, 4) is 0 Å². The molecule has 1 aromatic carbocycles. The normalized spacial score (nSPS) is 10.5. The average Bonchev–Trinajstić information content (AvgIpc) is 3.03. The first-order valence-corrected chi connectivity index (χ1v) is 8.84. The predicted octanol–water partition coefficient (Wildman–Crippen LogP) is 4.82. The quantitative estimate of drug-likeness (QED) is 0.618. The van der Waals surface area contributed by atoms with Gasteiger partial charge < -0.3 is 5.73 Å². The van der Waals surface area contributed by atoms with Crippen molar-refractivity contribution in [2.75, 3.05) is 6.54 Å². The molecule has 0 spiro atoms. The van der Waals surface area contributed by atoms with Crippen LogP contribution in [0.5, 0.6) is 0 Å². The summed E-state index contributed by atoms with van der Waals surface area (Å²) in [6.45, 7) is 3.14. The van der Waals surface area contributed by atoms with Crippen LogP contribution in [0.15, 0.2) is 24.3 Å². The smallest absolute Gasteiger partial charge is 0.112 e. The molecule has 124 valence electrons. The van der Waals surface area contributed by atoms with E-state index in [0.717, 1.165) is 17.6 Å². The van der Waals surface area contributed by atoms with Crippen LogP contribution in [0.25, 0.3) is 11.0 Å². The van der Waals surface area contributed by atoms with Crippen molar-refractivity contribution in [2.45, 2.75) is 71.1 Å². The van der Waals surface area contributed by atoms with Gasteiger partial charge in [-0.15, -0.1) is 5.10 Å². The lowest BCUT2D eigenvalue weighted by atomic mass is 10.1. The monoisotopic (exact) mass is 304 g/mol. The van der Waals surface area contributed by atoms with E-state index in [4.69, 9.17) is 5.73 Å². The summed E-state index contributed by atoms with van der Waals surface area (Å²) in [7, 11) is 0. The van der Waals surface area contributed by atoms with Crippen LogP contribution in [-0.2, 0) is 0 Å². The Morgan fingerprint density at radius 3 is 2.05 bits per heavy atom. The zero-order valence-corrected chi connectivity index (χ0v) is 14.1. The van der Waals surface area contributed by atoms with Crippen LogP contribution in [0, 0.1) is 0 Å². The van der Waals surface area contributed by atoms with Crippen LogP contribution in [0.4, 0.5) is 0 Å². The van der Waals surface area contributed by atoms with Gasteiger partial charge in [-0.1, -0.05) is 82.1 Å². The molecule has 0 atom stereocenters. The number of rotatable bonds is 10. The molecule has 1 heterocycles. The number of hydrogen-bond acceptors (Lipinski definition) is 3. The van der Waals surface area contributed by atoms with Gasteiger partial charge in [0.2, 0.25) is 0 Å². The number of hydrogen-bond donors (Lipinski definition) is 2. The summed E-state index contributed by atoms with van der Waals surface area (Å²) in [6.07, 6.45) is 13.9. The van der Waals surface area contributed by atoms with Gasteiger partial charge in [-0.3, -0.25) is 5.10 Å². The number of nitrogens with zero attached hydrogens (tertiary/aromatic N) is 2. The third kappa shape index (κ3) is 8.78. The minimum atomic E-state index is 0.872. The van der Waals surface area contributed by atoms with E-state index in [0.29, 0.717) is 0 Å². The van der Waals surface area contributed by atoms with Crippen molar-refractivity contribution >= 4 is 11.0 Å². The fourth-order valence-electron chi connectivity index (χ4n) is 2.42. The molecule has 0 amide bonds. The Morgan fingerprint density at radius 1 is 0.864 bits per heavy atom. The lowest BCUT2D eigenvalue weighted by molar-refractivity contribution is 0.558. The highest BCUT2D eigenvalue weighted by Crippen LogP contribution is 2.09. The SMILES string of the molecule is CCCCCCCCCCCCN.c1ccc2[nH]nnc2c1. The Morgan fingerprint density at radius 2 is 1.45 bits per heavy atom. The van der Waals surface area contributed by atoms with Crippen molar-refractivity contribution in [3.63, 3.8) is 0 Å². The van der Waals surface area contributed by atoms with Gasteiger partial charge >= 0.3 is 0 Å². The van der Waals surface area contributed by atoms with Crippen LogP contribution in [0.2, 0.25) is 0 Å². The van der Waals surface area contributed by atoms with Crippen molar-refractivity contribution in [3.05, 3.63) is 24.3 Å². The number of nitrogens with one attached hydrogen (secondary N) is 1. The largest absolute Gasteiger partial charge is 0.330 e. The van der Waals surface area contributed by atoms with Gasteiger partial charge in [0.15, 0.2) is 0 Å². The summed E-state index contributed by atoms with van der Waals surface area (Å²) in [5.41, 5.74) is 7.32. The number of unbranched alkanes of at least 4 members (excludes halogenated alkanes) is 9. The molecule has 2 rings (SSSR count). The van der Waals surface area contributed by atoms with Gasteiger partial charge in [0.1, 0.15) is 5.52 Å². The summed E-state index contributed by atoms with van der Waals surface area (Å²) in [5.74, 6) is 0. The number of aromatic amines is 1. The summed E-state index contributed by atoms with van der Waals surface area (Å²) in [4.78, 5) is 0. The summed E-state index contributed by atoms with van der Waals surface area (Å²) in [6, 6.07) is 7.74. The Balaban J connectivity index is 0.000000231. The van der Waals surface area contributed by atoms with E-state index in [1.807, 2.05) is 24.3 Å². The fourth-order valence-corrected chi connectivity index (χ4v) is 2.42. The van der Waals surface area contributed by atoms with E-state index in [2.05, 4.69) is 22.3 Å². The predicted molar refractivity (Wildman–Crippen MR) is 94.8 cm³/mol. The highest BCUT2D eigenvalue weighted by molar-refractivity contribution is 5.72. The molecule has 0 unspecified atom stereocenters. The molecule has 0 aliphatic carbocycles. The maximum atomic E-state index is 5.42. The number of benzene rings is 1. The van der Waals surface area contributed by atoms with Crippen LogP contribution in [-0.4, -0.2) is 22.0 Å². The molecule has 1 aromatic heterocycles. The molecule has 0 aliphatic rings. The standard InChI is InChI=1S/C12H27N.C6H5N3/c1-2-3-4-5-6-7-8-9-10-11-12-13;1-2-4-6-5(3-1)7-9-8-6/h2-13H2,1H3;1-4H,(H,7,8,9). The van der Waals surface area contributed by atoms with Gasteiger partial charge in [-0.2, -0.15) is 0 Å². The molecule has 4 nitrogen and oxygen atoms in total. The van der Waals surface area contributed by atoms with Crippen molar-refractivity contribution in [1.82, 2.24) is 15.4 Å². The molecule has 0 radical (unpaired) electrons. The van der Waals surface area contributed by atoms with Crippen molar-refractivity contribution in [2.24, 2.45) is 5.73 Å². The topological polar surface area (TPSA) is 67.6 Å². The Hall–Kier alpha value is -1.42. The van der Waals surface area contributed by atoms with Crippen LogP contribution < -0.4 is 5.73 Å². The average molecular weight is 304 g/mol. The van der Waals surface area contributed by atoms with Crippen molar-refractivity contribution in [1.29, 1.82) is 0 Å². The van der Waals surface area contributed by atoms with E-state index in [1.165, 1.54) is 64.2 Å². The first kappa shape index (κ1) is 18.6. The van der Waals surface area contributed by atoms with E-state index in [9.17, 15) is 0 Å². The van der Waals surface area contributed by atoms with Gasteiger partial charge in [-0.05, 0) is 25.1 Å². The second kappa shape index (κ2) is 13.3. The molecule has 0 saturated heterocycles. The molecule has 0 bridgehead atoms. The fraction of sp³-hybridized carbons (Fsp3) is 0.667. The molecule has 0 saturated carbocycles. The zero-order chi connectivity index (χ0) is 15.9. The van der Waals surface area contributed by atoms with Gasteiger partial charge in [0.05, 0.1) is 5.52 Å². The second-order valence-corrected chi connectivity index (χ2v) is 5.80.